The number of hydrogen-bond donors (Lipinski definition) is 2. The van der Waals surface area contributed by atoms with E-state index in [0.29, 0.717) is 17.5 Å². The van der Waals surface area contributed by atoms with Crippen LogP contribution in [-0.2, 0) is 19.1 Å². The molecule has 1 aromatic rings. The van der Waals surface area contributed by atoms with Gasteiger partial charge in [-0.3, -0.25) is 14.4 Å². The third kappa shape index (κ3) is 4.38. The molecule has 9 heteroatoms. The van der Waals surface area contributed by atoms with Gasteiger partial charge < -0.3 is 20.3 Å². The molecule has 0 radical (unpaired) electrons. The average molecular weight is 558 g/mol. The summed E-state index contributed by atoms with van der Waals surface area (Å²) in [4.78, 5) is 43.8. The molecule has 2 saturated carbocycles. The summed E-state index contributed by atoms with van der Waals surface area (Å²) in [7, 11) is 0. The van der Waals surface area contributed by atoms with Gasteiger partial charge in [-0.15, -0.1) is 0 Å². The van der Waals surface area contributed by atoms with E-state index in [9.17, 15) is 18.8 Å². The molecule has 4 fully saturated rings. The number of rotatable bonds is 5. The molecule has 2 N–H and O–H groups in total. The van der Waals surface area contributed by atoms with E-state index in [-0.39, 0.29) is 28.9 Å². The standard InChI is InChI=1S/C30H37ClFN3O4/c1-16-7-6-10-22(17(16)2)34-28(37)26-30-14-13-23(39-30)24(27(36)33-18-11-12-21(32)20(31)15-18)25(30)29(38)35(26)19-8-4-3-5-9-19/h11-17,19,22-26H,3-10H2,1-2H3,(H,33,36)(H,34,37)/t16-,17-,22+,23+,24-,25+,26+,30+/m1/s1. The highest BCUT2D eigenvalue weighted by molar-refractivity contribution is 6.31. The quantitative estimate of drug-likeness (QED) is 0.507. The first kappa shape index (κ1) is 26.8. The number of hydrogen-bond acceptors (Lipinski definition) is 4. The van der Waals surface area contributed by atoms with Crippen molar-refractivity contribution in [2.75, 3.05) is 5.32 Å². The van der Waals surface area contributed by atoms with Crippen LogP contribution in [0.2, 0.25) is 5.02 Å². The van der Waals surface area contributed by atoms with E-state index in [0.717, 1.165) is 51.4 Å². The van der Waals surface area contributed by atoms with Gasteiger partial charge in [0.25, 0.3) is 0 Å². The number of fused-ring (bicyclic) bond motifs is 1. The van der Waals surface area contributed by atoms with Crippen molar-refractivity contribution in [3.05, 3.63) is 41.2 Å². The molecule has 2 bridgehead atoms. The number of carbonyl (C=O) groups is 3. The SMILES string of the molecule is C[C@@H]1[C@H](C)CCC[C@@H]1NC(=O)[C@@H]1N(C2CCCCC2)C(=O)[C@@H]2[C@H](C(=O)Nc3ccc(F)c(Cl)c3)[C@@H]3C=C[C@]21O3. The first-order chi connectivity index (χ1) is 18.7. The number of benzene rings is 1. The number of ether oxygens (including phenoxy) is 1. The summed E-state index contributed by atoms with van der Waals surface area (Å²) in [6.07, 6.45) is 11.0. The van der Waals surface area contributed by atoms with E-state index in [1.54, 1.807) is 4.90 Å². The normalized spacial score (nSPS) is 37.7. The van der Waals surface area contributed by atoms with Gasteiger partial charge >= 0.3 is 0 Å². The lowest BCUT2D eigenvalue weighted by Gasteiger charge is -2.40. The predicted octanol–water partition coefficient (Wildman–Crippen LogP) is 4.84. The fourth-order valence-electron chi connectivity index (χ4n) is 7.81. The summed E-state index contributed by atoms with van der Waals surface area (Å²) in [5.41, 5.74) is -0.841. The summed E-state index contributed by atoms with van der Waals surface area (Å²) < 4.78 is 20.2. The lowest BCUT2D eigenvalue weighted by molar-refractivity contribution is -0.145. The molecule has 8 atom stereocenters. The highest BCUT2D eigenvalue weighted by Crippen LogP contribution is 2.56. The minimum Gasteiger partial charge on any atom is -0.359 e. The van der Waals surface area contributed by atoms with Crippen molar-refractivity contribution in [3.8, 4) is 0 Å². The Labute approximate surface area is 233 Å². The van der Waals surface area contributed by atoms with Crippen molar-refractivity contribution >= 4 is 35.0 Å². The maximum Gasteiger partial charge on any atom is 0.246 e. The number of carbonyl (C=O) groups excluding carboxylic acids is 3. The molecule has 1 aromatic carbocycles. The second-order valence-corrected chi connectivity index (χ2v) is 12.6. The number of amides is 3. The molecule has 2 saturated heterocycles. The molecular weight excluding hydrogens is 521 g/mol. The van der Waals surface area contributed by atoms with Gasteiger partial charge in [-0.2, -0.15) is 0 Å². The lowest BCUT2D eigenvalue weighted by Crippen LogP contribution is -2.59. The molecule has 6 rings (SSSR count). The number of nitrogens with one attached hydrogen (secondary N) is 2. The molecule has 210 valence electrons. The molecule has 2 aliphatic carbocycles. The van der Waals surface area contributed by atoms with Gasteiger partial charge in [0, 0.05) is 17.8 Å². The Morgan fingerprint density at radius 1 is 1.08 bits per heavy atom. The zero-order chi connectivity index (χ0) is 27.5. The summed E-state index contributed by atoms with van der Waals surface area (Å²) in [6.45, 7) is 4.42. The zero-order valence-electron chi connectivity index (χ0n) is 22.5. The Bertz CT molecular complexity index is 1200. The van der Waals surface area contributed by atoms with Crippen LogP contribution >= 0.6 is 11.6 Å². The topological polar surface area (TPSA) is 87.7 Å². The van der Waals surface area contributed by atoms with E-state index < -0.39 is 41.3 Å². The van der Waals surface area contributed by atoms with E-state index in [4.69, 9.17) is 16.3 Å². The first-order valence-electron chi connectivity index (χ1n) is 14.5. The van der Waals surface area contributed by atoms with Crippen molar-refractivity contribution in [1.82, 2.24) is 10.2 Å². The fraction of sp³-hybridized carbons (Fsp3) is 0.633. The molecular formula is C30H37ClFN3O4. The van der Waals surface area contributed by atoms with Crippen LogP contribution in [0.3, 0.4) is 0 Å². The minimum atomic E-state index is -1.19. The summed E-state index contributed by atoms with van der Waals surface area (Å²) in [5, 5.41) is 6.02. The van der Waals surface area contributed by atoms with Gasteiger partial charge in [0.15, 0.2) is 0 Å². The van der Waals surface area contributed by atoms with Crippen LogP contribution in [0, 0.1) is 29.5 Å². The molecule has 7 nitrogen and oxygen atoms in total. The van der Waals surface area contributed by atoms with Crippen molar-refractivity contribution in [3.63, 3.8) is 0 Å². The number of halogens is 2. The van der Waals surface area contributed by atoms with E-state index >= 15 is 0 Å². The van der Waals surface area contributed by atoms with Crippen LogP contribution in [0.25, 0.3) is 0 Å². The van der Waals surface area contributed by atoms with Crippen LogP contribution in [0.1, 0.15) is 65.2 Å². The Hall–Kier alpha value is -2.45. The van der Waals surface area contributed by atoms with E-state index in [2.05, 4.69) is 24.5 Å². The molecule has 5 aliphatic rings. The van der Waals surface area contributed by atoms with Gasteiger partial charge in [0.1, 0.15) is 17.5 Å². The monoisotopic (exact) mass is 557 g/mol. The number of nitrogens with zero attached hydrogens (tertiary/aromatic N) is 1. The summed E-state index contributed by atoms with van der Waals surface area (Å²) in [6, 6.07) is 3.15. The van der Waals surface area contributed by atoms with Crippen molar-refractivity contribution in [2.45, 2.75) is 95.0 Å². The molecule has 3 heterocycles. The molecule has 39 heavy (non-hydrogen) atoms. The van der Waals surface area contributed by atoms with Gasteiger partial charge in [-0.05, 0) is 49.3 Å². The summed E-state index contributed by atoms with van der Waals surface area (Å²) >= 11 is 5.92. The Morgan fingerprint density at radius 3 is 2.59 bits per heavy atom. The first-order valence-corrected chi connectivity index (χ1v) is 14.8. The van der Waals surface area contributed by atoms with Crippen LogP contribution in [-0.4, -0.2) is 52.5 Å². The Morgan fingerprint density at radius 2 is 1.85 bits per heavy atom. The van der Waals surface area contributed by atoms with Crippen molar-refractivity contribution in [1.29, 1.82) is 0 Å². The van der Waals surface area contributed by atoms with Gasteiger partial charge in [0.2, 0.25) is 17.7 Å². The van der Waals surface area contributed by atoms with Crippen LogP contribution in [0.15, 0.2) is 30.4 Å². The Balaban J connectivity index is 1.31. The highest BCUT2D eigenvalue weighted by Gasteiger charge is 2.73. The highest BCUT2D eigenvalue weighted by atomic mass is 35.5. The third-order valence-corrected chi connectivity index (χ3v) is 10.3. The maximum absolute atomic E-state index is 14.2. The molecule has 3 amide bonds. The zero-order valence-corrected chi connectivity index (χ0v) is 23.3. The Kier molecular flexibility index (Phi) is 6.99. The van der Waals surface area contributed by atoms with Gasteiger partial charge in [-0.25, -0.2) is 4.39 Å². The third-order valence-electron chi connectivity index (χ3n) is 10.1. The van der Waals surface area contributed by atoms with Crippen molar-refractivity contribution < 1.29 is 23.5 Å². The smallest absolute Gasteiger partial charge is 0.246 e. The number of likely N-dealkylation sites (tertiary alicyclic amines) is 1. The van der Waals surface area contributed by atoms with E-state index in [1.165, 1.54) is 18.2 Å². The maximum atomic E-state index is 14.2. The number of anilines is 1. The molecule has 0 aromatic heterocycles. The average Bonchev–Trinajstić information content (AvgIpc) is 3.56. The minimum absolute atomic E-state index is 0.0462. The lowest BCUT2D eigenvalue weighted by atomic mass is 9.73. The second-order valence-electron chi connectivity index (χ2n) is 12.2. The predicted molar refractivity (Wildman–Crippen MR) is 145 cm³/mol. The molecule has 1 spiro atoms. The largest absolute Gasteiger partial charge is 0.359 e. The summed E-state index contributed by atoms with van der Waals surface area (Å²) in [5.74, 6) is -2.09. The van der Waals surface area contributed by atoms with E-state index in [1.807, 2.05) is 12.2 Å². The van der Waals surface area contributed by atoms with Gasteiger partial charge in [-0.1, -0.05) is 69.7 Å². The van der Waals surface area contributed by atoms with Crippen LogP contribution in [0.5, 0.6) is 0 Å². The fourth-order valence-corrected chi connectivity index (χ4v) is 7.99. The van der Waals surface area contributed by atoms with Crippen LogP contribution < -0.4 is 10.6 Å². The van der Waals surface area contributed by atoms with Crippen LogP contribution in [0.4, 0.5) is 10.1 Å². The van der Waals surface area contributed by atoms with Gasteiger partial charge in [0.05, 0.1) is 23.0 Å². The second kappa shape index (κ2) is 10.2. The van der Waals surface area contributed by atoms with Crippen molar-refractivity contribution in [2.24, 2.45) is 23.7 Å². The molecule has 3 aliphatic heterocycles. The molecule has 0 unspecified atom stereocenters.